The van der Waals surface area contributed by atoms with E-state index in [0.29, 0.717) is 18.0 Å². The van der Waals surface area contributed by atoms with E-state index in [9.17, 15) is 13.5 Å². The number of nitrogens with two attached hydrogens (primary N) is 1. The third kappa shape index (κ3) is 2.43. The fourth-order valence-electron chi connectivity index (χ4n) is 2.21. The number of hydrogen-bond donors (Lipinski definition) is 2. The summed E-state index contributed by atoms with van der Waals surface area (Å²) in [4.78, 5) is 1.03. The van der Waals surface area contributed by atoms with Gasteiger partial charge in [0.25, 0.3) is 10.0 Å². The van der Waals surface area contributed by atoms with E-state index in [1.54, 1.807) is 17.8 Å². The number of thioether (sulfide) groups is 1. The van der Waals surface area contributed by atoms with Crippen LogP contribution in [0.2, 0.25) is 0 Å². The second-order valence-corrected chi connectivity index (χ2v) is 7.61. The summed E-state index contributed by atoms with van der Waals surface area (Å²) in [7, 11) is -3.69. The molecule has 0 saturated carbocycles. The molecule has 2 aromatic rings. The first kappa shape index (κ1) is 14.1. The van der Waals surface area contributed by atoms with Crippen LogP contribution in [0.4, 0.5) is 11.4 Å². The highest BCUT2D eigenvalue weighted by atomic mass is 32.2. The van der Waals surface area contributed by atoms with Gasteiger partial charge < -0.3 is 10.8 Å². The predicted octanol–water partition coefficient (Wildman–Crippen LogP) is 2.28. The Morgan fingerprint density at radius 2 is 1.95 bits per heavy atom. The average Bonchev–Trinajstić information content (AvgIpc) is 2.49. The third-order valence-corrected chi connectivity index (χ3v) is 6.13. The van der Waals surface area contributed by atoms with E-state index >= 15 is 0 Å². The first-order valence-electron chi connectivity index (χ1n) is 6.33. The first-order valence-corrected chi connectivity index (χ1v) is 8.76. The number of sulfonamides is 1. The molecule has 0 aliphatic carbocycles. The summed E-state index contributed by atoms with van der Waals surface area (Å²) in [5, 5.41) is 9.44. The van der Waals surface area contributed by atoms with Crippen LogP contribution in [0, 0.1) is 0 Å². The minimum atomic E-state index is -3.69. The van der Waals surface area contributed by atoms with Gasteiger partial charge in [0, 0.05) is 17.2 Å². The lowest BCUT2D eigenvalue weighted by atomic mass is 10.3. The van der Waals surface area contributed by atoms with Gasteiger partial charge in [-0.05, 0) is 30.3 Å². The van der Waals surface area contributed by atoms with Crippen molar-refractivity contribution in [2.24, 2.45) is 0 Å². The maximum Gasteiger partial charge on any atom is 0.264 e. The van der Waals surface area contributed by atoms with E-state index in [1.165, 1.54) is 22.5 Å². The van der Waals surface area contributed by atoms with Crippen molar-refractivity contribution in [3.63, 3.8) is 0 Å². The second-order valence-electron chi connectivity index (χ2n) is 4.61. The van der Waals surface area contributed by atoms with Gasteiger partial charge in [0.05, 0.1) is 16.3 Å². The van der Waals surface area contributed by atoms with Gasteiger partial charge in [0.15, 0.2) is 0 Å². The molecular formula is C14H14N2O3S2. The number of phenols is 1. The number of phenolic OH excluding ortho intramolecular Hbond substituents is 1. The van der Waals surface area contributed by atoms with Crippen LogP contribution >= 0.6 is 11.8 Å². The van der Waals surface area contributed by atoms with Crippen molar-refractivity contribution >= 4 is 33.2 Å². The Labute approximate surface area is 127 Å². The molecule has 0 atom stereocenters. The zero-order valence-corrected chi connectivity index (χ0v) is 12.7. The number of rotatable bonds is 2. The van der Waals surface area contributed by atoms with E-state index in [1.807, 2.05) is 18.2 Å². The normalized spacial score (nSPS) is 14.8. The van der Waals surface area contributed by atoms with Gasteiger partial charge in [0.1, 0.15) is 5.75 Å². The Hall–Kier alpha value is -1.86. The minimum Gasteiger partial charge on any atom is -0.506 e. The molecule has 2 aromatic carbocycles. The van der Waals surface area contributed by atoms with E-state index in [-0.39, 0.29) is 16.3 Å². The fraction of sp³-hybridized carbons (Fsp3) is 0.143. The van der Waals surface area contributed by atoms with Gasteiger partial charge in [-0.15, -0.1) is 11.8 Å². The van der Waals surface area contributed by atoms with Crippen molar-refractivity contribution < 1.29 is 13.5 Å². The smallest absolute Gasteiger partial charge is 0.264 e. The molecule has 0 bridgehead atoms. The second kappa shape index (κ2) is 5.16. The van der Waals surface area contributed by atoms with Crippen LogP contribution in [-0.2, 0) is 10.0 Å². The monoisotopic (exact) mass is 322 g/mol. The van der Waals surface area contributed by atoms with Crippen LogP contribution in [0.5, 0.6) is 5.75 Å². The molecule has 0 spiro atoms. The molecule has 0 amide bonds. The number of aromatic hydroxyl groups is 1. The number of nitrogen functional groups attached to an aromatic ring is 1. The number of nitrogens with zero attached hydrogens (tertiary/aromatic N) is 1. The number of para-hydroxylation sites is 1. The van der Waals surface area contributed by atoms with Crippen LogP contribution in [-0.4, -0.2) is 25.8 Å². The molecule has 0 unspecified atom stereocenters. The Morgan fingerprint density at radius 1 is 1.19 bits per heavy atom. The third-order valence-electron chi connectivity index (χ3n) is 3.27. The molecule has 3 N–H and O–H groups in total. The molecule has 0 radical (unpaired) electrons. The summed E-state index contributed by atoms with van der Waals surface area (Å²) in [6, 6.07) is 11.4. The SMILES string of the molecule is Nc1cc(S(=O)(=O)N2CCSc3ccccc32)ccc1O. The van der Waals surface area contributed by atoms with E-state index in [4.69, 9.17) is 5.73 Å². The summed E-state index contributed by atoms with van der Waals surface area (Å²) < 4.78 is 27.0. The quantitative estimate of drug-likeness (QED) is 0.654. The van der Waals surface area contributed by atoms with Gasteiger partial charge >= 0.3 is 0 Å². The van der Waals surface area contributed by atoms with Crippen LogP contribution < -0.4 is 10.0 Å². The summed E-state index contributed by atoms with van der Waals surface area (Å²) >= 11 is 1.64. The molecule has 1 heterocycles. The Morgan fingerprint density at radius 3 is 2.71 bits per heavy atom. The first-order chi connectivity index (χ1) is 10.00. The summed E-state index contributed by atoms with van der Waals surface area (Å²) in [6.07, 6.45) is 0. The molecule has 5 nitrogen and oxygen atoms in total. The van der Waals surface area contributed by atoms with Crippen molar-refractivity contribution in [1.29, 1.82) is 0 Å². The topological polar surface area (TPSA) is 83.6 Å². The van der Waals surface area contributed by atoms with Crippen LogP contribution in [0.15, 0.2) is 52.3 Å². The molecule has 0 fully saturated rings. The lowest BCUT2D eigenvalue weighted by Crippen LogP contribution is -2.35. The molecule has 21 heavy (non-hydrogen) atoms. The fourth-order valence-corrected chi connectivity index (χ4v) is 4.90. The molecular weight excluding hydrogens is 308 g/mol. The molecule has 7 heteroatoms. The van der Waals surface area contributed by atoms with E-state index in [2.05, 4.69) is 0 Å². The highest BCUT2D eigenvalue weighted by molar-refractivity contribution is 8.00. The van der Waals surface area contributed by atoms with Crippen molar-refractivity contribution in [2.45, 2.75) is 9.79 Å². The maximum atomic E-state index is 12.8. The number of benzene rings is 2. The van der Waals surface area contributed by atoms with Gasteiger partial charge in [-0.1, -0.05) is 12.1 Å². The van der Waals surface area contributed by atoms with Crippen molar-refractivity contribution in [2.75, 3.05) is 22.3 Å². The van der Waals surface area contributed by atoms with Gasteiger partial charge in [-0.3, -0.25) is 4.31 Å². The minimum absolute atomic E-state index is 0.0516. The van der Waals surface area contributed by atoms with Crippen LogP contribution in [0.25, 0.3) is 0 Å². The average molecular weight is 322 g/mol. The van der Waals surface area contributed by atoms with E-state index in [0.717, 1.165) is 4.90 Å². The highest BCUT2D eigenvalue weighted by Crippen LogP contribution is 2.38. The molecule has 3 rings (SSSR count). The Kier molecular flexibility index (Phi) is 3.46. The standard InChI is InChI=1S/C14H14N2O3S2/c15-11-9-10(5-6-13(11)17)21(18,19)16-7-8-20-14-4-2-1-3-12(14)16/h1-6,9,17H,7-8,15H2. The lowest BCUT2D eigenvalue weighted by Gasteiger charge is -2.30. The largest absolute Gasteiger partial charge is 0.506 e. The van der Waals surface area contributed by atoms with Crippen LogP contribution in [0.3, 0.4) is 0 Å². The lowest BCUT2D eigenvalue weighted by molar-refractivity contribution is 0.477. The predicted molar refractivity (Wildman–Crippen MR) is 84.2 cm³/mol. The number of anilines is 2. The summed E-state index contributed by atoms with van der Waals surface area (Å²) in [5.74, 6) is 0.577. The molecule has 1 aliphatic rings. The van der Waals surface area contributed by atoms with Gasteiger partial charge in [0.2, 0.25) is 0 Å². The zero-order chi connectivity index (χ0) is 15.0. The van der Waals surface area contributed by atoms with Crippen molar-refractivity contribution in [3.05, 3.63) is 42.5 Å². The van der Waals surface area contributed by atoms with Crippen molar-refractivity contribution in [3.8, 4) is 5.75 Å². The summed E-state index contributed by atoms with van der Waals surface area (Å²) in [6.45, 7) is 0.408. The highest BCUT2D eigenvalue weighted by Gasteiger charge is 2.29. The van der Waals surface area contributed by atoms with Gasteiger partial charge in [-0.25, -0.2) is 8.42 Å². The Balaban J connectivity index is 2.09. The molecule has 0 saturated heterocycles. The molecule has 110 valence electrons. The maximum absolute atomic E-state index is 12.8. The van der Waals surface area contributed by atoms with Crippen molar-refractivity contribution in [1.82, 2.24) is 0 Å². The molecule has 1 aliphatic heterocycles. The number of fused-ring (bicyclic) bond motifs is 1. The molecule has 0 aromatic heterocycles. The van der Waals surface area contributed by atoms with E-state index < -0.39 is 10.0 Å². The Bertz CT molecular complexity index is 791. The number of hydrogen-bond acceptors (Lipinski definition) is 5. The summed E-state index contributed by atoms with van der Waals surface area (Å²) in [5.41, 5.74) is 6.34. The zero-order valence-electron chi connectivity index (χ0n) is 11.1. The van der Waals surface area contributed by atoms with Crippen LogP contribution in [0.1, 0.15) is 0 Å². The van der Waals surface area contributed by atoms with Gasteiger partial charge in [-0.2, -0.15) is 0 Å².